The van der Waals surface area contributed by atoms with Gasteiger partial charge in [-0.05, 0) is 81.3 Å². The number of rotatable bonds is 6. The van der Waals surface area contributed by atoms with E-state index in [0.29, 0.717) is 27.6 Å². The third-order valence-electron chi connectivity index (χ3n) is 11.9. The quantitative estimate of drug-likeness (QED) is 0.156. The van der Waals surface area contributed by atoms with Crippen molar-refractivity contribution in [3.05, 3.63) is 193 Å². The molecule has 61 heavy (non-hydrogen) atoms. The van der Waals surface area contributed by atoms with Crippen LogP contribution in [0.25, 0.3) is 88.7 Å². The average Bonchev–Trinajstić information content (AvgIpc) is 3.96. The van der Waals surface area contributed by atoms with Gasteiger partial charge in [0.1, 0.15) is 11.6 Å². The maximum Gasteiger partial charge on any atom is 2.00 e. The Hall–Kier alpha value is -6.76. The molecule has 0 spiro atoms. The number of para-hydroxylation sites is 4. The van der Waals surface area contributed by atoms with Crippen LogP contribution in [-0.2, 0) is 32.7 Å². The molecule has 0 unspecified atom stereocenters. The number of imidazole rings is 1. The first-order valence-corrected chi connectivity index (χ1v) is 19.8. The fourth-order valence-electron chi connectivity index (χ4n) is 8.78. The predicted octanol–water partition coefficient (Wildman–Crippen LogP) is 13.3. The van der Waals surface area contributed by atoms with Gasteiger partial charge in [0, 0.05) is 28.4 Å². The van der Waals surface area contributed by atoms with Crippen LogP contribution in [-0.4, -0.2) is 19.1 Å². The maximum absolute atomic E-state index is 14.2. The molecule has 0 atom stereocenters. The summed E-state index contributed by atoms with van der Waals surface area (Å²) in [6.07, 6.45) is -2.74. The van der Waals surface area contributed by atoms with Crippen LogP contribution in [0, 0.1) is 6.07 Å². The van der Waals surface area contributed by atoms with Crippen molar-refractivity contribution in [2.45, 2.75) is 25.4 Å². The number of benzene rings is 7. The zero-order valence-corrected chi connectivity index (χ0v) is 35.1. The van der Waals surface area contributed by atoms with E-state index >= 15 is 0 Å². The first-order valence-electron chi connectivity index (χ1n) is 19.8. The molecule has 0 fully saturated rings. The molecule has 0 aliphatic heterocycles. The van der Waals surface area contributed by atoms with Gasteiger partial charge >= 0.3 is 27.2 Å². The second kappa shape index (κ2) is 14.5. The Labute approximate surface area is 363 Å². The Balaban J connectivity index is 0.00000445. The van der Waals surface area contributed by atoms with Gasteiger partial charge in [0.15, 0.2) is 0 Å². The van der Waals surface area contributed by atoms with Crippen molar-refractivity contribution < 1.29 is 34.2 Å². The number of aromatic nitrogens is 5. The van der Waals surface area contributed by atoms with E-state index in [2.05, 4.69) is 79.1 Å². The number of alkyl halides is 3. The van der Waals surface area contributed by atoms with E-state index < -0.39 is 11.7 Å². The van der Waals surface area contributed by atoms with Gasteiger partial charge in [-0.2, -0.15) is 13.2 Å². The Bertz CT molecular complexity index is 3450. The van der Waals surface area contributed by atoms with Gasteiger partial charge < -0.3 is 9.55 Å². The third-order valence-corrected chi connectivity index (χ3v) is 11.9. The van der Waals surface area contributed by atoms with Crippen LogP contribution in [0.15, 0.2) is 170 Å². The van der Waals surface area contributed by atoms with Crippen molar-refractivity contribution in [3.8, 4) is 34.0 Å². The van der Waals surface area contributed by atoms with Gasteiger partial charge in [-0.1, -0.05) is 128 Å². The van der Waals surface area contributed by atoms with Gasteiger partial charge in [-0.25, -0.2) is 9.97 Å². The summed E-state index contributed by atoms with van der Waals surface area (Å²) in [6.45, 7) is 4.32. The summed E-state index contributed by atoms with van der Waals surface area (Å²) < 4.78 is 46.7. The van der Waals surface area contributed by atoms with Crippen molar-refractivity contribution in [2.75, 3.05) is 0 Å². The van der Waals surface area contributed by atoms with Crippen LogP contribution in [0.5, 0.6) is 0 Å². The zero-order valence-electron chi connectivity index (χ0n) is 32.9. The smallest absolute Gasteiger partial charge is 0.656 e. The largest absolute Gasteiger partial charge is 2.00 e. The number of hydrogen-bond donors (Lipinski definition) is 0. The van der Waals surface area contributed by atoms with E-state index in [1.807, 2.05) is 95.6 Å². The summed E-state index contributed by atoms with van der Waals surface area (Å²) in [5, 5.41) is 3.24. The molecule has 11 rings (SSSR count). The predicted molar refractivity (Wildman–Crippen MR) is 235 cm³/mol. The molecule has 4 aromatic heterocycles. The number of nitrogens with zero attached hydrogens (tertiary/aromatic N) is 5. The van der Waals surface area contributed by atoms with Crippen LogP contribution in [0.1, 0.15) is 30.5 Å². The molecule has 298 valence electrons. The van der Waals surface area contributed by atoms with E-state index in [1.165, 1.54) is 6.07 Å². The standard InChI is InChI=1S/C52H34F3N5.Pt/c1-51(2,33-13-5-3-6-14-33)34-27-28-56-47(31-34)60-44-26-24-35(52(53,54)55)30-42(44)39-25-23-32(29-46(39)60)37-18-12-22-45-49(37)58-50(59(45)36-15-7-4-8-16-36)41-20-11-19-40-38-17-9-10-21-43(38)57-48(40)41;/h3-28,30-31H,1-2H3;/q-2;+2. The molecule has 0 N–H and O–H groups in total. The second-order valence-corrected chi connectivity index (χ2v) is 15.7. The van der Waals surface area contributed by atoms with Gasteiger partial charge in [-0.15, -0.1) is 34.8 Å². The maximum atomic E-state index is 14.2. The van der Waals surface area contributed by atoms with Crippen molar-refractivity contribution in [2.24, 2.45) is 0 Å². The minimum Gasteiger partial charge on any atom is -0.656 e. The summed E-state index contributed by atoms with van der Waals surface area (Å²) >= 11 is 0. The van der Waals surface area contributed by atoms with Gasteiger partial charge in [0.2, 0.25) is 0 Å². The van der Waals surface area contributed by atoms with E-state index in [4.69, 9.17) is 15.0 Å². The number of fused-ring (bicyclic) bond motifs is 7. The summed E-state index contributed by atoms with van der Waals surface area (Å²) in [5.41, 5.74) is 9.14. The molecule has 4 heterocycles. The molecule has 11 aromatic rings. The molecule has 0 saturated carbocycles. The summed E-state index contributed by atoms with van der Waals surface area (Å²) in [7, 11) is 0. The SMILES string of the molecule is CC(C)(c1ccccc1)c1ccnc(-n2c3[c-]c(-c4cccc5c4nc(-c4cccc6c4[n-]c4ccccc46)n5-c4ccccc4)ccc3c3cc(C(F)(F)F)ccc32)c1.[Pt+2]. The Morgan fingerprint density at radius 2 is 1.30 bits per heavy atom. The Kier molecular flexibility index (Phi) is 9.11. The number of pyridine rings is 1. The van der Waals surface area contributed by atoms with Crippen LogP contribution in [0.4, 0.5) is 13.2 Å². The van der Waals surface area contributed by atoms with Crippen LogP contribution < -0.4 is 4.98 Å². The van der Waals surface area contributed by atoms with Crippen molar-refractivity contribution in [1.82, 2.24) is 24.1 Å². The molecular formula is C52H34F3N5Pt. The van der Waals surface area contributed by atoms with Crippen molar-refractivity contribution in [3.63, 3.8) is 0 Å². The zero-order chi connectivity index (χ0) is 40.8. The molecule has 0 aliphatic rings. The average molecular weight is 981 g/mol. The summed E-state index contributed by atoms with van der Waals surface area (Å²) in [4.78, 5) is 15.4. The fraction of sp³-hybridized carbons (Fsp3) is 0.0769. The minimum atomic E-state index is -4.51. The topological polar surface area (TPSA) is 49.7 Å². The van der Waals surface area contributed by atoms with Crippen LogP contribution in [0.3, 0.4) is 0 Å². The van der Waals surface area contributed by atoms with Gasteiger partial charge in [-0.3, -0.25) is 4.57 Å². The van der Waals surface area contributed by atoms with Crippen molar-refractivity contribution in [1.29, 1.82) is 0 Å². The van der Waals surface area contributed by atoms with Gasteiger partial charge in [0.25, 0.3) is 0 Å². The second-order valence-electron chi connectivity index (χ2n) is 15.7. The van der Waals surface area contributed by atoms with E-state index in [1.54, 1.807) is 12.3 Å². The summed E-state index contributed by atoms with van der Waals surface area (Å²) in [5.74, 6) is 1.33. The molecule has 0 radical (unpaired) electrons. The molecule has 0 amide bonds. The molecular weight excluding hydrogens is 947 g/mol. The fourth-order valence-corrected chi connectivity index (χ4v) is 8.78. The Morgan fingerprint density at radius 1 is 0.574 bits per heavy atom. The molecule has 7 aromatic carbocycles. The molecule has 0 saturated heterocycles. The van der Waals surface area contributed by atoms with E-state index in [0.717, 1.165) is 78.2 Å². The van der Waals surface area contributed by atoms with Gasteiger partial charge in [0.05, 0.1) is 16.6 Å². The van der Waals surface area contributed by atoms with Crippen LogP contribution in [0.2, 0.25) is 0 Å². The first-order chi connectivity index (χ1) is 29.1. The van der Waals surface area contributed by atoms with E-state index in [-0.39, 0.29) is 26.5 Å². The first kappa shape index (κ1) is 38.4. The van der Waals surface area contributed by atoms with Crippen LogP contribution >= 0.6 is 0 Å². The molecule has 5 nitrogen and oxygen atoms in total. The molecule has 0 bridgehead atoms. The van der Waals surface area contributed by atoms with E-state index in [9.17, 15) is 13.2 Å². The monoisotopic (exact) mass is 980 g/mol. The summed E-state index contributed by atoms with van der Waals surface area (Å²) in [6, 6.07) is 56.3. The normalized spacial score (nSPS) is 12.2. The van der Waals surface area contributed by atoms with Crippen molar-refractivity contribution >= 4 is 54.6 Å². The number of hydrogen-bond acceptors (Lipinski definition) is 2. The minimum absolute atomic E-state index is 0. The number of halogens is 3. The third kappa shape index (κ3) is 6.19. The Morgan fingerprint density at radius 3 is 2.10 bits per heavy atom. The molecule has 9 heteroatoms. The molecule has 0 aliphatic carbocycles.